The Kier molecular flexibility index (Phi) is 4.69. The van der Waals surface area contributed by atoms with Crippen LogP contribution >= 0.6 is 0 Å². The molecule has 2 heterocycles. The third kappa shape index (κ3) is 3.38. The summed E-state index contributed by atoms with van der Waals surface area (Å²) in [6, 6.07) is 5.33. The average Bonchev–Trinajstić information content (AvgIpc) is 2.48. The summed E-state index contributed by atoms with van der Waals surface area (Å²) in [6.07, 6.45) is 3.93. The minimum absolute atomic E-state index is 0.107. The summed E-state index contributed by atoms with van der Waals surface area (Å²) in [5.41, 5.74) is 2.57. The molecule has 0 fully saturated rings. The Hall–Kier alpha value is -2.94. The molecule has 0 saturated heterocycles. The minimum atomic E-state index is -0.387. The summed E-state index contributed by atoms with van der Waals surface area (Å²) in [5, 5.41) is 11.8. The van der Waals surface area contributed by atoms with Crippen molar-refractivity contribution in [3.63, 3.8) is 0 Å². The van der Waals surface area contributed by atoms with E-state index in [9.17, 15) is 9.59 Å². The Labute approximate surface area is 127 Å². The number of pyridine rings is 2. The van der Waals surface area contributed by atoms with Crippen LogP contribution in [-0.4, -0.2) is 15.9 Å². The molecule has 2 aromatic rings. The van der Waals surface area contributed by atoms with E-state index in [0.717, 1.165) is 5.56 Å². The van der Waals surface area contributed by atoms with Crippen LogP contribution in [0.1, 0.15) is 28.8 Å². The zero-order valence-corrected chi connectivity index (χ0v) is 12.4. The summed E-state index contributed by atoms with van der Waals surface area (Å²) >= 11 is 0. The van der Waals surface area contributed by atoms with Gasteiger partial charge in [0, 0.05) is 30.2 Å². The number of hydrogen-bond acceptors (Lipinski definition) is 4. The fourth-order valence-corrected chi connectivity index (χ4v) is 2.32. The number of aromatic nitrogens is 2. The number of carbonyl (C=O) groups is 1. The van der Waals surface area contributed by atoms with Gasteiger partial charge in [-0.2, -0.15) is 5.26 Å². The van der Waals surface area contributed by atoms with E-state index in [-0.39, 0.29) is 23.5 Å². The van der Waals surface area contributed by atoms with E-state index in [1.807, 2.05) is 6.07 Å². The van der Waals surface area contributed by atoms with E-state index in [1.54, 1.807) is 38.4 Å². The first-order valence-electron chi connectivity index (χ1n) is 6.85. The molecule has 0 bridgehead atoms. The SMILES string of the molecule is Cc1[nH]c(=O)c(C#N)c(C)c1CCC(=O)Nc1ccncc1. The highest BCUT2D eigenvalue weighted by Crippen LogP contribution is 2.15. The van der Waals surface area contributed by atoms with Gasteiger partial charge in [0.1, 0.15) is 11.6 Å². The van der Waals surface area contributed by atoms with Gasteiger partial charge < -0.3 is 10.3 Å². The lowest BCUT2D eigenvalue weighted by molar-refractivity contribution is -0.116. The molecule has 0 atom stereocenters. The second kappa shape index (κ2) is 6.68. The van der Waals surface area contributed by atoms with Gasteiger partial charge in [-0.25, -0.2) is 0 Å². The molecule has 0 unspecified atom stereocenters. The summed E-state index contributed by atoms with van der Waals surface area (Å²) in [7, 11) is 0. The maximum absolute atomic E-state index is 12.0. The van der Waals surface area contributed by atoms with Crippen LogP contribution in [0.3, 0.4) is 0 Å². The van der Waals surface area contributed by atoms with E-state index in [0.29, 0.717) is 23.4 Å². The van der Waals surface area contributed by atoms with Gasteiger partial charge in [0.2, 0.25) is 5.91 Å². The molecule has 6 heteroatoms. The maximum atomic E-state index is 12.0. The maximum Gasteiger partial charge on any atom is 0.266 e. The van der Waals surface area contributed by atoms with Gasteiger partial charge >= 0.3 is 0 Å². The molecule has 6 nitrogen and oxygen atoms in total. The van der Waals surface area contributed by atoms with Crippen LogP contribution in [0.4, 0.5) is 5.69 Å². The van der Waals surface area contributed by atoms with Crippen molar-refractivity contribution in [1.82, 2.24) is 9.97 Å². The molecule has 22 heavy (non-hydrogen) atoms. The molecule has 0 spiro atoms. The molecule has 0 aliphatic carbocycles. The van der Waals surface area contributed by atoms with Crippen LogP contribution in [0, 0.1) is 25.2 Å². The van der Waals surface area contributed by atoms with Gasteiger partial charge in [-0.3, -0.25) is 14.6 Å². The predicted molar refractivity (Wildman–Crippen MR) is 82.4 cm³/mol. The Morgan fingerprint density at radius 1 is 1.36 bits per heavy atom. The average molecular weight is 296 g/mol. The lowest BCUT2D eigenvalue weighted by atomic mass is 9.99. The number of carbonyl (C=O) groups excluding carboxylic acids is 1. The summed E-state index contributed by atoms with van der Waals surface area (Å²) in [6.45, 7) is 3.50. The summed E-state index contributed by atoms with van der Waals surface area (Å²) in [5.74, 6) is -0.130. The molecule has 0 saturated carbocycles. The van der Waals surface area contributed by atoms with Crippen molar-refractivity contribution in [3.8, 4) is 6.07 Å². The van der Waals surface area contributed by atoms with Crippen molar-refractivity contribution in [2.45, 2.75) is 26.7 Å². The summed E-state index contributed by atoms with van der Waals surface area (Å²) in [4.78, 5) is 30.2. The number of amides is 1. The fraction of sp³-hybridized carbons (Fsp3) is 0.250. The normalized spacial score (nSPS) is 10.0. The number of aromatic amines is 1. The third-order valence-corrected chi connectivity index (χ3v) is 3.49. The number of nitriles is 1. The molecule has 0 aromatic carbocycles. The van der Waals surface area contributed by atoms with Crippen LogP contribution in [-0.2, 0) is 11.2 Å². The van der Waals surface area contributed by atoms with Gasteiger partial charge in [0.05, 0.1) is 0 Å². The number of hydrogen-bond donors (Lipinski definition) is 2. The zero-order chi connectivity index (χ0) is 16.1. The van der Waals surface area contributed by atoms with Gasteiger partial charge in [-0.15, -0.1) is 0 Å². The predicted octanol–water partition coefficient (Wildman–Crippen LogP) is 1.83. The number of rotatable bonds is 4. The Balaban J connectivity index is 2.11. The van der Waals surface area contributed by atoms with Gasteiger partial charge in [-0.05, 0) is 43.5 Å². The molecular weight excluding hydrogens is 280 g/mol. The van der Waals surface area contributed by atoms with E-state index < -0.39 is 0 Å². The van der Waals surface area contributed by atoms with Crippen molar-refractivity contribution in [1.29, 1.82) is 5.26 Å². The molecule has 2 aromatic heterocycles. The fourth-order valence-electron chi connectivity index (χ4n) is 2.32. The van der Waals surface area contributed by atoms with E-state index in [1.165, 1.54) is 0 Å². The lowest BCUT2D eigenvalue weighted by Crippen LogP contribution is -2.18. The van der Waals surface area contributed by atoms with Crippen LogP contribution in [0.5, 0.6) is 0 Å². The second-order valence-electron chi connectivity index (χ2n) is 4.95. The highest BCUT2D eigenvalue weighted by molar-refractivity contribution is 5.90. The quantitative estimate of drug-likeness (QED) is 0.899. The summed E-state index contributed by atoms with van der Waals surface area (Å²) < 4.78 is 0. The molecule has 112 valence electrons. The van der Waals surface area contributed by atoms with Crippen molar-refractivity contribution in [3.05, 3.63) is 57.3 Å². The van der Waals surface area contributed by atoms with E-state index in [2.05, 4.69) is 15.3 Å². The van der Waals surface area contributed by atoms with Crippen LogP contribution in [0.15, 0.2) is 29.3 Å². The van der Waals surface area contributed by atoms with Gasteiger partial charge in [-0.1, -0.05) is 0 Å². The molecule has 0 aliphatic heterocycles. The Morgan fingerprint density at radius 2 is 2.05 bits per heavy atom. The number of anilines is 1. The van der Waals surface area contributed by atoms with E-state index in [4.69, 9.17) is 5.26 Å². The second-order valence-corrected chi connectivity index (χ2v) is 4.95. The first-order chi connectivity index (χ1) is 10.5. The van der Waals surface area contributed by atoms with Crippen LogP contribution < -0.4 is 10.9 Å². The monoisotopic (exact) mass is 296 g/mol. The van der Waals surface area contributed by atoms with Crippen LogP contribution in [0.25, 0.3) is 0 Å². The standard InChI is InChI=1S/C16H16N4O2/c1-10-13(11(2)19-16(22)14(10)9-17)3-4-15(21)20-12-5-7-18-8-6-12/h5-8H,3-4H2,1-2H3,(H,19,22)(H,18,20,21). The molecule has 2 rings (SSSR count). The van der Waals surface area contributed by atoms with Crippen LogP contribution in [0.2, 0.25) is 0 Å². The molecular formula is C16H16N4O2. The van der Waals surface area contributed by atoms with Gasteiger partial charge in [0.25, 0.3) is 5.56 Å². The largest absolute Gasteiger partial charge is 0.326 e. The number of nitrogens with zero attached hydrogens (tertiary/aromatic N) is 2. The highest BCUT2D eigenvalue weighted by Gasteiger charge is 2.13. The Morgan fingerprint density at radius 3 is 2.68 bits per heavy atom. The molecule has 0 aliphatic rings. The minimum Gasteiger partial charge on any atom is -0.326 e. The first kappa shape index (κ1) is 15.4. The molecule has 1 amide bonds. The number of nitrogens with one attached hydrogen (secondary N) is 2. The zero-order valence-electron chi connectivity index (χ0n) is 12.4. The smallest absolute Gasteiger partial charge is 0.266 e. The lowest BCUT2D eigenvalue weighted by Gasteiger charge is -2.11. The number of aryl methyl sites for hydroxylation is 1. The van der Waals surface area contributed by atoms with Gasteiger partial charge in [0.15, 0.2) is 0 Å². The highest BCUT2D eigenvalue weighted by atomic mass is 16.1. The van der Waals surface area contributed by atoms with Crippen molar-refractivity contribution >= 4 is 11.6 Å². The topological polar surface area (TPSA) is 98.6 Å². The molecule has 0 radical (unpaired) electrons. The molecule has 2 N–H and O–H groups in total. The number of H-pyrrole nitrogens is 1. The third-order valence-electron chi connectivity index (χ3n) is 3.49. The van der Waals surface area contributed by atoms with Crippen molar-refractivity contribution in [2.75, 3.05) is 5.32 Å². The van der Waals surface area contributed by atoms with E-state index >= 15 is 0 Å². The van der Waals surface area contributed by atoms with Crippen molar-refractivity contribution in [2.24, 2.45) is 0 Å². The van der Waals surface area contributed by atoms with Crippen molar-refractivity contribution < 1.29 is 4.79 Å². The first-order valence-corrected chi connectivity index (χ1v) is 6.85. The Bertz CT molecular complexity index is 788.